The fraction of sp³-hybridized carbons (Fsp3) is 0.381. The monoisotopic (exact) mass is 411 g/mol. The van der Waals surface area contributed by atoms with Gasteiger partial charge in [-0.25, -0.2) is 9.97 Å². The number of carbonyl (C=O) groups is 1. The zero-order chi connectivity index (χ0) is 20.4. The number of hydrogen-bond donors (Lipinski definition) is 1. The van der Waals surface area contributed by atoms with E-state index < -0.39 is 0 Å². The van der Waals surface area contributed by atoms with Gasteiger partial charge in [-0.1, -0.05) is 0 Å². The number of aryl methyl sites for hydroxylation is 2. The summed E-state index contributed by atoms with van der Waals surface area (Å²) in [5.41, 5.74) is 3.64. The molecule has 8 heteroatoms. The predicted octanol–water partition coefficient (Wildman–Crippen LogP) is 3.08. The zero-order valence-electron chi connectivity index (χ0n) is 16.9. The number of aromatic nitrogens is 2. The van der Waals surface area contributed by atoms with Crippen LogP contribution in [0.25, 0.3) is 10.9 Å². The van der Waals surface area contributed by atoms with E-state index in [1.165, 1.54) is 11.3 Å². The molecule has 0 aliphatic carbocycles. The van der Waals surface area contributed by atoms with E-state index in [1.54, 1.807) is 0 Å². The molecule has 1 aromatic carbocycles. The van der Waals surface area contributed by atoms with Crippen molar-refractivity contribution >= 4 is 39.8 Å². The molecule has 2 aromatic heterocycles. The van der Waals surface area contributed by atoms with Crippen LogP contribution in [0.15, 0.2) is 29.6 Å². The van der Waals surface area contributed by atoms with Gasteiger partial charge in [0.1, 0.15) is 0 Å². The van der Waals surface area contributed by atoms with Crippen LogP contribution >= 0.6 is 11.3 Å². The van der Waals surface area contributed by atoms with Crippen LogP contribution in [0.4, 0.5) is 11.6 Å². The number of amides is 1. The van der Waals surface area contributed by atoms with Gasteiger partial charge in [-0.15, -0.1) is 11.3 Å². The molecule has 152 valence electrons. The van der Waals surface area contributed by atoms with Crippen molar-refractivity contribution in [2.75, 3.05) is 50.1 Å². The minimum absolute atomic E-state index is 0.0180. The molecule has 3 heterocycles. The van der Waals surface area contributed by atoms with Crippen molar-refractivity contribution < 1.29 is 9.53 Å². The minimum Gasteiger partial charge on any atom is -0.474 e. The quantitative estimate of drug-likeness (QED) is 0.696. The average molecular weight is 412 g/mol. The highest BCUT2D eigenvalue weighted by Gasteiger charge is 2.18. The number of piperazine rings is 1. The molecule has 0 unspecified atom stereocenters. The number of ether oxygens (including phenoxy) is 1. The summed E-state index contributed by atoms with van der Waals surface area (Å²) in [6, 6.07) is 7.65. The van der Waals surface area contributed by atoms with Crippen LogP contribution in [0.5, 0.6) is 5.06 Å². The van der Waals surface area contributed by atoms with Crippen LogP contribution in [0.3, 0.4) is 0 Å². The van der Waals surface area contributed by atoms with Crippen LogP contribution in [-0.2, 0) is 4.79 Å². The summed E-state index contributed by atoms with van der Waals surface area (Å²) < 4.78 is 5.54. The lowest BCUT2D eigenvalue weighted by Gasteiger charge is -2.32. The van der Waals surface area contributed by atoms with Gasteiger partial charge in [0, 0.05) is 37.3 Å². The molecule has 1 saturated heterocycles. The van der Waals surface area contributed by atoms with Crippen molar-refractivity contribution in [2.45, 2.75) is 13.8 Å². The minimum atomic E-state index is -0.192. The number of benzene rings is 1. The highest BCUT2D eigenvalue weighted by Crippen LogP contribution is 2.24. The Labute approximate surface area is 174 Å². The Kier molecular flexibility index (Phi) is 5.64. The highest BCUT2D eigenvalue weighted by molar-refractivity contribution is 7.12. The van der Waals surface area contributed by atoms with Crippen LogP contribution in [-0.4, -0.2) is 60.6 Å². The number of fused-ring (bicyclic) bond motifs is 1. The topological polar surface area (TPSA) is 70.6 Å². The van der Waals surface area contributed by atoms with Gasteiger partial charge < -0.3 is 19.9 Å². The Morgan fingerprint density at radius 3 is 2.69 bits per heavy atom. The third kappa shape index (κ3) is 4.65. The van der Waals surface area contributed by atoms with Gasteiger partial charge in [-0.2, -0.15) is 0 Å². The van der Waals surface area contributed by atoms with Gasteiger partial charge in [-0.05, 0) is 56.1 Å². The Morgan fingerprint density at radius 1 is 1.17 bits per heavy atom. The number of nitrogens with one attached hydrogen (secondary N) is 1. The van der Waals surface area contributed by atoms with E-state index in [2.05, 4.69) is 22.2 Å². The number of nitrogens with zero attached hydrogens (tertiary/aromatic N) is 4. The molecule has 0 spiro atoms. The Morgan fingerprint density at radius 2 is 1.97 bits per heavy atom. The maximum Gasteiger partial charge on any atom is 0.262 e. The Hall–Kier alpha value is -2.71. The summed E-state index contributed by atoms with van der Waals surface area (Å²) in [7, 11) is 2.13. The summed E-state index contributed by atoms with van der Waals surface area (Å²) in [5, 5.41) is 6.57. The van der Waals surface area contributed by atoms with E-state index in [4.69, 9.17) is 14.7 Å². The van der Waals surface area contributed by atoms with Gasteiger partial charge in [0.15, 0.2) is 11.7 Å². The van der Waals surface area contributed by atoms with E-state index in [1.807, 2.05) is 43.5 Å². The van der Waals surface area contributed by atoms with Gasteiger partial charge in [-0.3, -0.25) is 4.79 Å². The SMILES string of the molecule is Cc1csc(OCC(=O)Nc2ccc3nc(N4CCN(C)CC4)nc(C)c3c2)c1. The molecular weight excluding hydrogens is 386 g/mol. The lowest BCUT2D eigenvalue weighted by atomic mass is 10.1. The smallest absolute Gasteiger partial charge is 0.262 e. The summed E-state index contributed by atoms with van der Waals surface area (Å²) in [5.74, 6) is 0.586. The standard InChI is InChI=1S/C21H25N5O2S/c1-14-10-20(29-13-14)28-12-19(27)23-16-4-5-18-17(11-16)15(2)22-21(24-18)26-8-6-25(3)7-9-26/h4-5,10-11,13H,6-9,12H2,1-3H3,(H,23,27). The van der Waals surface area contributed by atoms with Crippen LogP contribution in [0.1, 0.15) is 11.3 Å². The molecule has 1 fully saturated rings. The highest BCUT2D eigenvalue weighted by atomic mass is 32.1. The first-order valence-corrected chi connectivity index (χ1v) is 10.6. The number of anilines is 2. The largest absolute Gasteiger partial charge is 0.474 e. The summed E-state index contributed by atoms with van der Waals surface area (Å²) in [6.45, 7) is 7.85. The van der Waals surface area contributed by atoms with Crippen molar-refractivity contribution in [3.63, 3.8) is 0 Å². The lowest BCUT2D eigenvalue weighted by molar-refractivity contribution is -0.118. The van der Waals surface area contributed by atoms with Gasteiger partial charge in [0.2, 0.25) is 5.95 Å². The van der Waals surface area contributed by atoms with Crippen molar-refractivity contribution in [3.05, 3.63) is 40.9 Å². The third-order valence-electron chi connectivity index (χ3n) is 5.00. The Bertz CT molecular complexity index is 1030. The first kappa shape index (κ1) is 19.6. The maximum atomic E-state index is 12.2. The van der Waals surface area contributed by atoms with Gasteiger partial charge in [0.05, 0.1) is 11.2 Å². The van der Waals surface area contributed by atoms with E-state index in [0.717, 1.165) is 59.4 Å². The van der Waals surface area contributed by atoms with Crippen LogP contribution < -0.4 is 15.0 Å². The molecule has 0 bridgehead atoms. The predicted molar refractivity (Wildman–Crippen MR) is 117 cm³/mol. The first-order chi connectivity index (χ1) is 14.0. The summed E-state index contributed by atoms with van der Waals surface area (Å²) in [4.78, 5) is 26.2. The van der Waals surface area contributed by atoms with Crippen molar-refractivity contribution in [2.24, 2.45) is 0 Å². The molecule has 0 atom stereocenters. The summed E-state index contributed by atoms with van der Waals surface area (Å²) in [6.07, 6.45) is 0. The molecule has 1 amide bonds. The van der Waals surface area contributed by atoms with Crippen LogP contribution in [0, 0.1) is 13.8 Å². The second-order valence-electron chi connectivity index (χ2n) is 7.41. The maximum absolute atomic E-state index is 12.2. The second kappa shape index (κ2) is 8.34. The molecular formula is C21H25N5O2S. The second-order valence-corrected chi connectivity index (χ2v) is 8.28. The summed E-state index contributed by atoms with van der Waals surface area (Å²) >= 11 is 1.49. The van der Waals surface area contributed by atoms with Crippen LogP contribution in [0.2, 0.25) is 0 Å². The molecule has 7 nitrogen and oxygen atoms in total. The molecule has 1 aliphatic rings. The van der Waals surface area contributed by atoms with Gasteiger partial charge in [0.25, 0.3) is 5.91 Å². The molecule has 4 rings (SSSR count). The van der Waals surface area contributed by atoms with Crippen molar-refractivity contribution in [3.8, 4) is 5.06 Å². The molecule has 0 radical (unpaired) electrons. The number of thiophene rings is 1. The van der Waals surface area contributed by atoms with E-state index in [0.29, 0.717) is 5.69 Å². The number of rotatable bonds is 5. The Balaban J connectivity index is 1.45. The first-order valence-electron chi connectivity index (χ1n) is 9.67. The van der Waals surface area contributed by atoms with Gasteiger partial charge >= 0.3 is 0 Å². The van der Waals surface area contributed by atoms with Crippen molar-refractivity contribution in [1.82, 2.24) is 14.9 Å². The molecule has 1 N–H and O–H groups in total. The van der Waals surface area contributed by atoms with E-state index in [-0.39, 0.29) is 12.5 Å². The molecule has 3 aromatic rings. The number of hydrogen-bond acceptors (Lipinski definition) is 7. The normalized spacial score (nSPS) is 14.9. The zero-order valence-corrected chi connectivity index (χ0v) is 17.8. The average Bonchev–Trinajstić information content (AvgIpc) is 3.12. The number of likely N-dealkylation sites (N-methyl/N-ethyl adjacent to an activating group) is 1. The third-order valence-corrected chi connectivity index (χ3v) is 5.95. The lowest BCUT2D eigenvalue weighted by Crippen LogP contribution is -2.45. The fourth-order valence-corrected chi connectivity index (χ4v) is 4.06. The van der Waals surface area contributed by atoms with Crippen molar-refractivity contribution in [1.29, 1.82) is 0 Å². The molecule has 0 saturated carbocycles. The molecule has 1 aliphatic heterocycles. The fourth-order valence-electron chi connectivity index (χ4n) is 3.31. The van der Waals surface area contributed by atoms with E-state index >= 15 is 0 Å². The molecule has 29 heavy (non-hydrogen) atoms. The number of carbonyl (C=O) groups excluding carboxylic acids is 1. The van der Waals surface area contributed by atoms with E-state index in [9.17, 15) is 4.79 Å².